The van der Waals surface area contributed by atoms with E-state index in [0.717, 1.165) is 22.5 Å². The molecule has 0 spiro atoms. The molecule has 1 aliphatic rings. The van der Waals surface area contributed by atoms with E-state index in [0.29, 0.717) is 12.0 Å². The average Bonchev–Trinajstić information content (AvgIpc) is 2.81. The third-order valence-electron chi connectivity index (χ3n) is 3.12. The van der Waals surface area contributed by atoms with Gasteiger partial charge < -0.3 is 4.84 Å². The lowest BCUT2D eigenvalue weighted by molar-refractivity contribution is 0.0110. The van der Waals surface area contributed by atoms with E-state index in [1.165, 1.54) is 12.8 Å². The van der Waals surface area contributed by atoms with Gasteiger partial charge in [0, 0.05) is 11.3 Å². The first-order chi connectivity index (χ1) is 7.72. The minimum absolute atomic E-state index is 0.304. The second-order valence-corrected chi connectivity index (χ2v) is 5.80. The minimum Gasteiger partial charge on any atom is -0.408 e. The fourth-order valence-electron chi connectivity index (χ4n) is 2.26. The molecule has 0 amide bonds. The number of thiazole rings is 1. The molecule has 0 aromatic carbocycles. The lowest BCUT2D eigenvalue weighted by Gasteiger charge is -2.20. The van der Waals surface area contributed by atoms with Gasteiger partial charge in [-0.2, -0.15) is 4.73 Å². The molecule has 1 saturated carbocycles. The molecule has 0 N–H and O–H groups in total. The van der Waals surface area contributed by atoms with Crippen LogP contribution in [0.25, 0.3) is 0 Å². The van der Waals surface area contributed by atoms with Gasteiger partial charge in [-0.1, -0.05) is 6.08 Å². The number of nitrogens with zero attached hydrogens (tertiary/aromatic N) is 1. The van der Waals surface area contributed by atoms with Crippen LogP contribution in [0.4, 0.5) is 0 Å². The summed E-state index contributed by atoms with van der Waals surface area (Å²) in [5.74, 6) is 0.610. The molecule has 1 aliphatic carbocycles. The zero-order valence-corrected chi connectivity index (χ0v) is 11.1. The van der Waals surface area contributed by atoms with Crippen molar-refractivity contribution in [3.63, 3.8) is 0 Å². The van der Waals surface area contributed by atoms with Crippen molar-refractivity contribution in [2.24, 2.45) is 5.92 Å². The normalized spacial score (nSPS) is 24.6. The lowest BCUT2D eigenvalue weighted by atomic mass is 10.0. The Kier molecular flexibility index (Phi) is 3.82. The zero-order valence-electron chi connectivity index (χ0n) is 9.52. The third-order valence-corrected chi connectivity index (χ3v) is 4.40. The fourth-order valence-corrected chi connectivity index (χ4v) is 3.24. The number of allylic oxidation sites excluding steroid dienone is 1. The highest BCUT2D eigenvalue weighted by Gasteiger charge is 2.28. The Hall–Kier alpha value is -0.610. The van der Waals surface area contributed by atoms with Crippen LogP contribution in [0.2, 0.25) is 0 Å². The molecule has 0 unspecified atom stereocenters. The molecule has 1 fully saturated rings. The molecule has 0 radical (unpaired) electrons. The van der Waals surface area contributed by atoms with E-state index in [1.807, 2.05) is 23.1 Å². The average molecular weight is 255 g/mol. The summed E-state index contributed by atoms with van der Waals surface area (Å²) in [5.41, 5.74) is 1.10. The lowest BCUT2D eigenvalue weighted by Crippen LogP contribution is -2.29. The standard InChI is InChI=1S/C12H17NOS2/c1-3-5-10-6-4-7-11(10)14-13-9(2)8-16-12(13)15/h3,8,10-11H,1,4-7H2,2H3/t10-,11-/m1/s1. The van der Waals surface area contributed by atoms with E-state index < -0.39 is 0 Å². The predicted octanol–water partition coefficient (Wildman–Crippen LogP) is 3.76. The largest absolute Gasteiger partial charge is 0.408 e. The Balaban J connectivity index is 2.09. The molecule has 0 bridgehead atoms. The molecule has 2 nitrogen and oxygen atoms in total. The first-order valence-corrected chi connectivity index (χ1v) is 6.96. The molecule has 0 saturated heterocycles. The number of hydrogen-bond acceptors (Lipinski definition) is 3. The van der Waals surface area contributed by atoms with Crippen LogP contribution in [0.3, 0.4) is 0 Å². The molecule has 1 heterocycles. The van der Waals surface area contributed by atoms with Crippen LogP contribution in [0.1, 0.15) is 31.4 Å². The quantitative estimate of drug-likeness (QED) is 0.601. The van der Waals surface area contributed by atoms with E-state index in [4.69, 9.17) is 17.1 Å². The first kappa shape index (κ1) is 11.9. The highest BCUT2D eigenvalue weighted by atomic mass is 32.1. The number of aryl methyl sites for hydroxylation is 1. The van der Waals surface area contributed by atoms with Crippen molar-refractivity contribution < 1.29 is 4.84 Å². The highest BCUT2D eigenvalue weighted by molar-refractivity contribution is 7.73. The molecule has 88 valence electrons. The SMILES string of the molecule is C=CC[C@@H]1CCC[C@H]1On1c(C)csc1=S. The van der Waals surface area contributed by atoms with Crippen molar-refractivity contribution >= 4 is 23.6 Å². The number of aromatic nitrogens is 1. The summed E-state index contributed by atoms with van der Waals surface area (Å²) in [7, 11) is 0. The maximum atomic E-state index is 6.02. The molecule has 0 aliphatic heterocycles. The van der Waals surface area contributed by atoms with Crippen LogP contribution in [-0.4, -0.2) is 10.8 Å². The van der Waals surface area contributed by atoms with Gasteiger partial charge in [0.25, 0.3) is 0 Å². The summed E-state index contributed by atoms with van der Waals surface area (Å²) in [5, 5.41) is 2.04. The summed E-state index contributed by atoms with van der Waals surface area (Å²) in [6.07, 6.45) is 6.97. The molecule has 16 heavy (non-hydrogen) atoms. The van der Waals surface area contributed by atoms with Gasteiger partial charge in [-0.3, -0.25) is 0 Å². The molecule has 2 atom stereocenters. The van der Waals surface area contributed by atoms with Gasteiger partial charge in [0.1, 0.15) is 6.10 Å². The summed E-state index contributed by atoms with van der Waals surface area (Å²) in [6, 6.07) is 0. The Morgan fingerprint density at radius 3 is 3.12 bits per heavy atom. The van der Waals surface area contributed by atoms with Gasteiger partial charge in [0.05, 0.1) is 5.69 Å². The Bertz CT molecular complexity index is 421. The predicted molar refractivity (Wildman–Crippen MR) is 70.4 cm³/mol. The van der Waals surface area contributed by atoms with Crippen LogP contribution in [0.15, 0.2) is 18.0 Å². The molecular weight excluding hydrogens is 238 g/mol. The molecule has 1 aromatic rings. The van der Waals surface area contributed by atoms with Crippen LogP contribution in [-0.2, 0) is 0 Å². The molecule has 2 rings (SSSR count). The summed E-state index contributed by atoms with van der Waals surface area (Å²) < 4.78 is 2.62. The van der Waals surface area contributed by atoms with Crippen LogP contribution in [0, 0.1) is 16.8 Å². The van der Waals surface area contributed by atoms with E-state index >= 15 is 0 Å². The Morgan fingerprint density at radius 2 is 2.50 bits per heavy atom. The van der Waals surface area contributed by atoms with Gasteiger partial charge >= 0.3 is 0 Å². The fraction of sp³-hybridized carbons (Fsp3) is 0.583. The zero-order chi connectivity index (χ0) is 11.5. The summed E-state index contributed by atoms with van der Waals surface area (Å²) >= 11 is 6.81. The third kappa shape index (κ3) is 2.38. The first-order valence-electron chi connectivity index (χ1n) is 5.67. The van der Waals surface area contributed by atoms with Gasteiger partial charge in [-0.05, 0) is 44.8 Å². The van der Waals surface area contributed by atoms with E-state index in [1.54, 1.807) is 11.3 Å². The van der Waals surface area contributed by atoms with E-state index in [9.17, 15) is 0 Å². The van der Waals surface area contributed by atoms with Gasteiger partial charge in [0.15, 0.2) is 3.95 Å². The second-order valence-electron chi connectivity index (χ2n) is 4.30. The maximum Gasteiger partial charge on any atom is 0.196 e. The van der Waals surface area contributed by atoms with Crippen LogP contribution < -0.4 is 4.84 Å². The van der Waals surface area contributed by atoms with Crippen molar-refractivity contribution in [3.05, 3.63) is 27.7 Å². The van der Waals surface area contributed by atoms with Crippen LogP contribution >= 0.6 is 23.6 Å². The topological polar surface area (TPSA) is 14.2 Å². The van der Waals surface area contributed by atoms with E-state index in [2.05, 4.69) is 6.58 Å². The molecular formula is C12H17NOS2. The smallest absolute Gasteiger partial charge is 0.196 e. The molecule has 4 heteroatoms. The summed E-state index contributed by atoms with van der Waals surface area (Å²) in [6.45, 7) is 5.84. The van der Waals surface area contributed by atoms with Crippen molar-refractivity contribution in [3.8, 4) is 0 Å². The number of rotatable bonds is 4. The van der Waals surface area contributed by atoms with Gasteiger partial charge in [-0.15, -0.1) is 17.9 Å². The highest BCUT2D eigenvalue weighted by Crippen LogP contribution is 2.30. The minimum atomic E-state index is 0.304. The van der Waals surface area contributed by atoms with Crippen molar-refractivity contribution in [2.45, 2.75) is 38.7 Å². The van der Waals surface area contributed by atoms with Crippen molar-refractivity contribution in [1.29, 1.82) is 0 Å². The second kappa shape index (κ2) is 5.15. The summed E-state index contributed by atoms with van der Waals surface area (Å²) in [4.78, 5) is 6.02. The molecule has 1 aromatic heterocycles. The maximum absolute atomic E-state index is 6.02. The van der Waals surface area contributed by atoms with E-state index in [-0.39, 0.29) is 0 Å². The van der Waals surface area contributed by atoms with Crippen LogP contribution in [0.5, 0.6) is 0 Å². The van der Waals surface area contributed by atoms with Crippen molar-refractivity contribution in [2.75, 3.05) is 0 Å². The van der Waals surface area contributed by atoms with Gasteiger partial charge in [-0.25, -0.2) is 0 Å². The Labute approximate surface area is 106 Å². The number of hydrogen-bond donors (Lipinski definition) is 0. The van der Waals surface area contributed by atoms with Gasteiger partial charge in [0.2, 0.25) is 0 Å². The van der Waals surface area contributed by atoms with Crippen molar-refractivity contribution in [1.82, 2.24) is 4.73 Å². The Morgan fingerprint density at radius 1 is 1.69 bits per heavy atom. The monoisotopic (exact) mass is 255 g/mol.